The summed E-state index contributed by atoms with van der Waals surface area (Å²) < 4.78 is 27.9. The predicted molar refractivity (Wildman–Crippen MR) is 74.4 cm³/mol. The summed E-state index contributed by atoms with van der Waals surface area (Å²) in [5.41, 5.74) is 1.96. The second kappa shape index (κ2) is 6.61. The van der Waals surface area contributed by atoms with Gasteiger partial charge >= 0.3 is 0 Å². The standard InChI is InChI=1S/C15H19F2N3/c1-18-12(4-5-13-7-8-19-20(13)2)9-11-3-6-14(16)15(17)10-11/h3,6-8,10,12,18H,4-5,9H2,1-2H3. The summed E-state index contributed by atoms with van der Waals surface area (Å²) in [7, 11) is 3.80. The van der Waals surface area contributed by atoms with Crippen molar-refractivity contribution in [2.24, 2.45) is 7.05 Å². The summed E-state index contributed by atoms with van der Waals surface area (Å²) in [4.78, 5) is 0. The van der Waals surface area contributed by atoms with Crippen LogP contribution in [0.25, 0.3) is 0 Å². The lowest BCUT2D eigenvalue weighted by molar-refractivity contribution is 0.494. The maximum Gasteiger partial charge on any atom is 0.159 e. The van der Waals surface area contributed by atoms with Gasteiger partial charge < -0.3 is 5.32 Å². The van der Waals surface area contributed by atoms with E-state index in [1.807, 2.05) is 24.8 Å². The Morgan fingerprint density at radius 3 is 2.65 bits per heavy atom. The Hall–Kier alpha value is -1.75. The Labute approximate surface area is 117 Å². The zero-order chi connectivity index (χ0) is 14.5. The first-order chi connectivity index (χ1) is 9.60. The molecule has 2 rings (SSSR count). The summed E-state index contributed by atoms with van der Waals surface area (Å²) in [6, 6.07) is 6.29. The molecule has 1 unspecified atom stereocenters. The van der Waals surface area contributed by atoms with E-state index in [2.05, 4.69) is 10.4 Å². The normalized spacial score (nSPS) is 12.6. The molecular formula is C15H19F2N3. The van der Waals surface area contributed by atoms with Crippen molar-refractivity contribution in [1.29, 1.82) is 0 Å². The Morgan fingerprint density at radius 1 is 1.25 bits per heavy atom. The quantitative estimate of drug-likeness (QED) is 0.880. The maximum atomic E-state index is 13.2. The fourth-order valence-electron chi connectivity index (χ4n) is 2.27. The van der Waals surface area contributed by atoms with Crippen molar-refractivity contribution in [3.05, 3.63) is 53.4 Å². The van der Waals surface area contributed by atoms with Crippen LogP contribution < -0.4 is 5.32 Å². The van der Waals surface area contributed by atoms with E-state index < -0.39 is 11.6 Å². The molecule has 1 atom stereocenters. The number of likely N-dealkylation sites (N-methyl/N-ethyl adjacent to an activating group) is 1. The molecule has 0 aliphatic heterocycles. The van der Waals surface area contributed by atoms with Crippen LogP contribution in [0.2, 0.25) is 0 Å². The molecule has 0 aliphatic rings. The Bertz CT molecular complexity index is 566. The number of aromatic nitrogens is 2. The molecule has 0 saturated heterocycles. The Morgan fingerprint density at radius 2 is 2.05 bits per heavy atom. The summed E-state index contributed by atoms with van der Waals surface area (Å²) in [6.07, 6.45) is 4.26. The van der Waals surface area contributed by atoms with Crippen LogP contribution >= 0.6 is 0 Å². The van der Waals surface area contributed by atoms with E-state index in [-0.39, 0.29) is 6.04 Å². The minimum Gasteiger partial charge on any atom is -0.317 e. The molecule has 1 N–H and O–H groups in total. The third kappa shape index (κ3) is 3.63. The molecule has 2 aromatic rings. The van der Waals surface area contributed by atoms with E-state index in [1.54, 1.807) is 12.3 Å². The van der Waals surface area contributed by atoms with Gasteiger partial charge in [0.05, 0.1) is 0 Å². The predicted octanol–water partition coefficient (Wildman–Crippen LogP) is 2.46. The van der Waals surface area contributed by atoms with Crippen LogP contribution in [0.15, 0.2) is 30.5 Å². The minimum absolute atomic E-state index is 0.217. The highest BCUT2D eigenvalue weighted by Crippen LogP contribution is 2.13. The number of hydrogen-bond donors (Lipinski definition) is 1. The Kier molecular flexibility index (Phi) is 4.84. The molecule has 0 bridgehead atoms. The van der Waals surface area contributed by atoms with Gasteiger partial charge in [0.2, 0.25) is 0 Å². The highest BCUT2D eigenvalue weighted by atomic mass is 19.2. The molecule has 3 nitrogen and oxygen atoms in total. The topological polar surface area (TPSA) is 29.9 Å². The number of benzene rings is 1. The van der Waals surface area contributed by atoms with Crippen LogP contribution in [0.1, 0.15) is 17.7 Å². The van der Waals surface area contributed by atoms with Crippen molar-refractivity contribution < 1.29 is 8.78 Å². The minimum atomic E-state index is -0.801. The largest absolute Gasteiger partial charge is 0.317 e. The lowest BCUT2D eigenvalue weighted by Gasteiger charge is -2.16. The lowest BCUT2D eigenvalue weighted by atomic mass is 10.0. The van der Waals surface area contributed by atoms with Crippen molar-refractivity contribution in [2.45, 2.75) is 25.3 Å². The number of rotatable bonds is 6. The van der Waals surface area contributed by atoms with Gasteiger partial charge in [0.25, 0.3) is 0 Å². The van der Waals surface area contributed by atoms with Gasteiger partial charge in [-0.2, -0.15) is 5.10 Å². The zero-order valence-electron chi connectivity index (χ0n) is 11.7. The van der Waals surface area contributed by atoms with Gasteiger partial charge in [-0.1, -0.05) is 6.07 Å². The Balaban J connectivity index is 1.95. The van der Waals surface area contributed by atoms with E-state index in [4.69, 9.17) is 0 Å². The molecule has 5 heteroatoms. The number of nitrogens with zero attached hydrogens (tertiary/aromatic N) is 2. The van der Waals surface area contributed by atoms with E-state index in [0.717, 1.165) is 24.1 Å². The summed E-state index contributed by atoms with van der Waals surface area (Å²) >= 11 is 0. The van der Waals surface area contributed by atoms with Crippen LogP contribution in [-0.4, -0.2) is 22.9 Å². The van der Waals surface area contributed by atoms with Gasteiger partial charge in [-0.25, -0.2) is 8.78 Å². The van der Waals surface area contributed by atoms with Gasteiger partial charge in [-0.15, -0.1) is 0 Å². The summed E-state index contributed by atoms with van der Waals surface area (Å²) in [5, 5.41) is 7.35. The van der Waals surface area contributed by atoms with E-state index >= 15 is 0 Å². The van der Waals surface area contributed by atoms with Crippen LogP contribution in [0.4, 0.5) is 8.78 Å². The third-order valence-electron chi connectivity index (χ3n) is 3.55. The monoisotopic (exact) mass is 279 g/mol. The van der Waals surface area contributed by atoms with Crippen molar-refractivity contribution >= 4 is 0 Å². The smallest absolute Gasteiger partial charge is 0.159 e. The first-order valence-electron chi connectivity index (χ1n) is 6.68. The molecule has 0 spiro atoms. The van der Waals surface area contributed by atoms with E-state index in [0.29, 0.717) is 6.42 Å². The van der Waals surface area contributed by atoms with Crippen LogP contribution in [0.3, 0.4) is 0 Å². The van der Waals surface area contributed by atoms with Gasteiger partial charge in [-0.05, 0) is 50.1 Å². The molecular weight excluding hydrogens is 260 g/mol. The first-order valence-corrected chi connectivity index (χ1v) is 6.68. The molecule has 108 valence electrons. The molecule has 1 aromatic heterocycles. The summed E-state index contributed by atoms with van der Waals surface area (Å²) in [5.74, 6) is -1.59. The zero-order valence-corrected chi connectivity index (χ0v) is 11.7. The fourth-order valence-corrected chi connectivity index (χ4v) is 2.27. The number of nitrogens with one attached hydrogen (secondary N) is 1. The lowest BCUT2D eigenvalue weighted by Crippen LogP contribution is -2.28. The van der Waals surface area contributed by atoms with E-state index in [9.17, 15) is 8.78 Å². The SMILES string of the molecule is CNC(CCc1ccnn1C)Cc1ccc(F)c(F)c1. The van der Waals surface area contributed by atoms with Gasteiger partial charge in [0, 0.05) is 25.0 Å². The molecule has 0 amide bonds. The van der Waals surface area contributed by atoms with Gasteiger partial charge in [0.1, 0.15) is 0 Å². The van der Waals surface area contributed by atoms with Crippen molar-refractivity contribution in [1.82, 2.24) is 15.1 Å². The van der Waals surface area contributed by atoms with Crippen LogP contribution in [0.5, 0.6) is 0 Å². The fraction of sp³-hybridized carbons (Fsp3) is 0.400. The number of hydrogen-bond acceptors (Lipinski definition) is 2. The molecule has 0 fully saturated rings. The molecule has 0 aliphatic carbocycles. The highest BCUT2D eigenvalue weighted by Gasteiger charge is 2.11. The van der Waals surface area contributed by atoms with Crippen molar-refractivity contribution in [3.8, 4) is 0 Å². The summed E-state index contributed by atoms with van der Waals surface area (Å²) in [6.45, 7) is 0. The molecule has 0 saturated carbocycles. The average molecular weight is 279 g/mol. The van der Waals surface area contributed by atoms with Crippen LogP contribution in [-0.2, 0) is 19.9 Å². The van der Waals surface area contributed by atoms with Gasteiger partial charge in [0.15, 0.2) is 11.6 Å². The second-order valence-electron chi connectivity index (χ2n) is 4.92. The van der Waals surface area contributed by atoms with Gasteiger partial charge in [-0.3, -0.25) is 4.68 Å². The van der Waals surface area contributed by atoms with Crippen molar-refractivity contribution in [3.63, 3.8) is 0 Å². The molecule has 20 heavy (non-hydrogen) atoms. The van der Waals surface area contributed by atoms with E-state index in [1.165, 1.54) is 12.1 Å². The molecule has 0 radical (unpaired) electrons. The second-order valence-corrected chi connectivity index (χ2v) is 4.92. The molecule has 1 aromatic carbocycles. The van der Waals surface area contributed by atoms with Crippen molar-refractivity contribution in [2.75, 3.05) is 7.05 Å². The average Bonchev–Trinajstić information content (AvgIpc) is 2.84. The number of aryl methyl sites for hydroxylation is 2. The maximum absolute atomic E-state index is 13.2. The van der Waals surface area contributed by atoms with Crippen LogP contribution in [0, 0.1) is 11.6 Å². The third-order valence-corrected chi connectivity index (χ3v) is 3.55. The molecule has 1 heterocycles. The highest BCUT2D eigenvalue weighted by molar-refractivity contribution is 5.19. The number of halogens is 2. The first kappa shape index (κ1) is 14.7.